The number of nitrogens with zero attached hydrogens (tertiary/aromatic N) is 1. The molecule has 0 bridgehead atoms. The van der Waals surface area contributed by atoms with Crippen molar-refractivity contribution >= 4 is 5.91 Å². The van der Waals surface area contributed by atoms with Crippen molar-refractivity contribution in [2.75, 3.05) is 26.4 Å². The lowest BCUT2D eigenvalue weighted by molar-refractivity contribution is -0.146. The molecule has 1 saturated carbocycles. The molecule has 2 fully saturated rings. The number of ether oxygens (including phenoxy) is 2. The van der Waals surface area contributed by atoms with Crippen molar-refractivity contribution in [2.45, 2.75) is 38.3 Å². The molecule has 1 aliphatic carbocycles. The second-order valence-electron chi connectivity index (χ2n) is 6.50. The van der Waals surface area contributed by atoms with Crippen LogP contribution in [0.1, 0.15) is 24.8 Å². The fraction of sp³-hybridized carbons (Fsp3) is 0.611. The number of morpholine rings is 1. The second-order valence-corrected chi connectivity index (χ2v) is 6.50. The molecule has 1 saturated heterocycles. The Morgan fingerprint density at radius 1 is 1.43 bits per heavy atom. The fourth-order valence-corrected chi connectivity index (χ4v) is 3.64. The molecule has 23 heavy (non-hydrogen) atoms. The van der Waals surface area contributed by atoms with Gasteiger partial charge in [-0.05, 0) is 37.5 Å². The summed E-state index contributed by atoms with van der Waals surface area (Å²) in [7, 11) is 0. The van der Waals surface area contributed by atoms with Gasteiger partial charge >= 0.3 is 0 Å². The van der Waals surface area contributed by atoms with Crippen LogP contribution in [0.25, 0.3) is 0 Å². The van der Waals surface area contributed by atoms with Gasteiger partial charge in [-0.1, -0.05) is 18.6 Å². The van der Waals surface area contributed by atoms with Gasteiger partial charge in [-0.25, -0.2) is 0 Å². The van der Waals surface area contributed by atoms with Crippen molar-refractivity contribution in [1.82, 2.24) is 4.90 Å². The van der Waals surface area contributed by atoms with Gasteiger partial charge < -0.3 is 19.5 Å². The Bertz CT molecular complexity index is 548. The molecule has 1 aliphatic heterocycles. The minimum Gasteiger partial charge on any atom is -0.484 e. The first-order valence-electron chi connectivity index (χ1n) is 8.40. The van der Waals surface area contributed by atoms with E-state index in [2.05, 4.69) is 0 Å². The highest BCUT2D eigenvalue weighted by Gasteiger charge is 2.39. The summed E-state index contributed by atoms with van der Waals surface area (Å²) in [5.74, 6) is 0.807. The van der Waals surface area contributed by atoms with Gasteiger partial charge in [0.15, 0.2) is 6.61 Å². The maximum Gasteiger partial charge on any atom is 0.260 e. The number of aliphatic hydroxyl groups excluding tert-OH is 1. The van der Waals surface area contributed by atoms with Gasteiger partial charge in [0.05, 0.1) is 25.4 Å². The number of benzene rings is 1. The summed E-state index contributed by atoms with van der Waals surface area (Å²) in [5, 5.41) is 10.2. The van der Waals surface area contributed by atoms with E-state index in [1.54, 1.807) is 0 Å². The summed E-state index contributed by atoms with van der Waals surface area (Å²) >= 11 is 0. The minimum atomic E-state index is -0.324. The fourth-order valence-electron chi connectivity index (χ4n) is 3.64. The molecule has 1 aromatic rings. The normalized spacial score (nSPS) is 27.9. The Kier molecular flexibility index (Phi) is 5.18. The molecule has 126 valence electrons. The SMILES string of the molecule is Cc1cccc(OCC(=O)N2CCOCC2C2CCCC2O)c1. The molecule has 1 aromatic carbocycles. The van der Waals surface area contributed by atoms with Crippen LogP contribution in [0.4, 0.5) is 0 Å². The number of carbonyl (C=O) groups excluding carboxylic acids is 1. The second kappa shape index (κ2) is 7.32. The van der Waals surface area contributed by atoms with Crippen LogP contribution in [0.5, 0.6) is 5.75 Å². The first-order valence-corrected chi connectivity index (χ1v) is 8.40. The molecule has 3 unspecified atom stereocenters. The largest absolute Gasteiger partial charge is 0.484 e. The molecule has 1 heterocycles. The van der Waals surface area contributed by atoms with Crippen molar-refractivity contribution in [3.63, 3.8) is 0 Å². The summed E-state index contributed by atoms with van der Waals surface area (Å²) in [4.78, 5) is 14.4. The highest BCUT2D eigenvalue weighted by Crippen LogP contribution is 2.32. The predicted octanol–water partition coefficient (Wildman–Crippen LogP) is 1.76. The van der Waals surface area contributed by atoms with E-state index in [9.17, 15) is 9.90 Å². The Hall–Kier alpha value is -1.59. The molecular formula is C18H25NO4. The zero-order valence-corrected chi connectivity index (χ0v) is 13.6. The van der Waals surface area contributed by atoms with Crippen LogP contribution >= 0.6 is 0 Å². The van der Waals surface area contributed by atoms with Gasteiger partial charge in [-0.15, -0.1) is 0 Å². The van der Waals surface area contributed by atoms with Gasteiger partial charge in [0, 0.05) is 12.5 Å². The standard InChI is InChI=1S/C18H25NO4/c1-13-4-2-5-14(10-13)23-12-18(21)19-8-9-22-11-16(19)15-6-3-7-17(15)20/h2,4-5,10,15-17,20H,3,6-9,11-12H2,1H3. The molecule has 5 heteroatoms. The van der Waals surface area contributed by atoms with Gasteiger partial charge in [0.25, 0.3) is 5.91 Å². The molecule has 1 N–H and O–H groups in total. The number of hydrogen-bond donors (Lipinski definition) is 1. The lowest BCUT2D eigenvalue weighted by Gasteiger charge is -2.40. The number of rotatable bonds is 4. The van der Waals surface area contributed by atoms with Crippen LogP contribution < -0.4 is 4.74 Å². The molecule has 0 radical (unpaired) electrons. The number of hydrogen-bond acceptors (Lipinski definition) is 4. The third-order valence-electron chi connectivity index (χ3n) is 4.86. The minimum absolute atomic E-state index is 0.0288. The van der Waals surface area contributed by atoms with Gasteiger partial charge in [0.1, 0.15) is 5.75 Å². The lowest BCUT2D eigenvalue weighted by Crippen LogP contribution is -2.54. The van der Waals surface area contributed by atoms with Crippen LogP contribution in [0.15, 0.2) is 24.3 Å². The van der Waals surface area contributed by atoms with Gasteiger partial charge in [-0.3, -0.25) is 4.79 Å². The maximum absolute atomic E-state index is 12.6. The van der Waals surface area contributed by atoms with E-state index in [0.717, 1.165) is 24.8 Å². The van der Waals surface area contributed by atoms with Gasteiger partial charge in [-0.2, -0.15) is 0 Å². The van der Waals surface area contributed by atoms with Crippen molar-refractivity contribution in [1.29, 1.82) is 0 Å². The number of aryl methyl sites for hydroxylation is 1. The predicted molar refractivity (Wildman–Crippen MR) is 86.3 cm³/mol. The van der Waals surface area contributed by atoms with Crippen LogP contribution in [-0.2, 0) is 9.53 Å². The monoisotopic (exact) mass is 319 g/mol. The smallest absolute Gasteiger partial charge is 0.260 e. The van der Waals surface area contributed by atoms with E-state index in [0.29, 0.717) is 25.5 Å². The topological polar surface area (TPSA) is 59.0 Å². The van der Waals surface area contributed by atoms with Crippen LogP contribution in [-0.4, -0.2) is 54.4 Å². The van der Waals surface area contributed by atoms with Gasteiger partial charge in [0.2, 0.25) is 0 Å². The molecule has 3 atom stereocenters. The summed E-state index contributed by atoms with van der Waals surface area (Å²) in [6, 6.07) is 7.66. The molecular weight excluding hydrogens is 294 g/mol. The Balaban J connectivity index is 1.62. The van der Waals surface area contributed by atoms with E-state index in [4.69, 9.17) is 9.47 Å². The molecule has 5 nitrogen and oxygen atoms in total. The zero-order valence-electron chi connectivity index (χ0n) is 13.6. The summed E-state index contributed by atoms with van der Waals surface area (Å²) < 4.78 is 11.2. The molecule has 0 spiro atoms. The third-order valence-corrected chi connectivity index (χ3v) is 4.86. The quantitative estimate of drug-likeness (QED) is 0.919. The Morgan fingerprint density at radius 3 is 3.04 bits per heavy atom. The van der Waals surface area contributed by atoms with Crippen LogP contribution in [0.3, 0.4) is 0 Å². The van der Waals surface area contributed by atoms with E-state index < -0.39 is 0 Å². The van der Waals surface area contributed by atoms with E-state index in [-0.39, 0.29) is 30.6 Å². The van der Waals surface area contributed by atoms with Crippen molar-refractivity contribution in [3.8, 4) is 5.75 Å². The van der Waals surface area contributed by atoms with Crippen molar-refractivity contribution in [3.05, 3.63) is 29.8 Å². The molecule has 2 aliphatic rings. The zero-order chi connectivity index (χ0) is 16.2. The Morgan fingerprint density at radius 2 is 2.30 bits per heavy atom. The van der Waals surface area contributed by atoms with Crippen LogP contribution in [0.2, 0.25) is 0 Å². The van der Waals surface area contributed by atoms with Crippen molar-refractivity contribution < 1.29 is 19.4 Å². The number of amides is 1. The average molecular weight is 319 g/mol. The number of carbonyl (C=O) groups is 1. The summed E-state index contributed by atoms with van der Waals surface area (Å²) in [6.07, 6.45) is 2.47. The first-order chi connectivity index (χ1) is 11.1. The van der Waals surface area contributed by atoms with Crippen LogP contribution in [0, 0.1) is 12.8 Å². The average Bonchev–Trinajstić information content (AvgIpc) is 2.98. The highest BCUT2D eigenvalue weighted by atomic mass is 16.5. The number of aliphatic hydroxyl groups is 1. The molecule has 0 aromatic heterocycles. The molecule has 3 rings (SSSR count). The first kappa shape index (κ1) is 16.3. The van der Waals surface area contributed by atoms with E-state index >= 15 is 0 Å². The lowest BCUT2D eigenvalue weighted by atomic mass is 9.94. The van der Waals surface area contributed by atoms with E-state index in [1.807, 2.05) is 36.1 Å². The van der Waals surface area contributed by atoms with Crippen molar-refractivity contribution in [2.24, 2.45) is 5.92 Å². The Labute approximate surface area is 137 Å². The maximum atomic E-state index is 12.6. The molecule has 1 amide bonds. The third kappa shape index (κ3) is 3.85. The van der Waals surface area contributed by atoms with E-state index in [1.165, 1.54) is 0 Å². The highest BCUT2D eigenvalue weighted by molar-refractivity contribution is 5.78. The summed E-state index contributed by atoms with van der Waals surface area (Å²) in [5.41, 5.74) is 1.10. The summed E-state index contributed by atoms with van der Waals surface area (Å²) in [6.45, 7) is 3.66.